The number of rotatable bonds is 2. The molecule has 7 heteroatoms. The molecule has 0 aromatic carbocycles. The highest BCUT2D eigenvalue weighted by Gasteiger charge is 2.23. The van der Waals surface area contributed by atoms with Crippen LogP contribution in [0.4, 0.5) is 5.13 Å². The maximum Gasteiger partial charge on any atom is 0.187 e. The summed E-state index contributed by atoms with van der Waals surface area (Å²) >= 11 is 7.01. The Labute approximate surface area is 101 Å². The Hall–Kier alpha value is -1.16. The number of hydrogen-bond donors (Lipinski definition) is 0. The lowest BCUT2D eigenvalue weighted by atomic mass is 10.3. The quantitative estimate of drug-likeness (QED) is 0.748. The van der Waals surface area contributed by atoms with Crippen LogP contribution in [-0.2, 0) is 4.74 Å². The van der Waals surface area contributed by atoms with E-state index in [1.165, 1.54) is 11.3 Å². The summed E-state index contributed by atoms with van der Waals surface area (Å²) in [7, 11) is 0. The van der Waals surface area contributed by atoms with Gasteiger partial charge in [-0.15, -0.1) is 0 Å². The van der Waals surface area contributed by atoms with Crippen molar-refractivity contribution in [3.05, 3.63) is 10.0 Å². The van der Waals surface area contributed by atoms with E-state index >= 15 is 0 Å². The number of thiazole rings is 1. The van der Waals surface area contributed by atoms with Crippen molar-refractivity contribution in [2.45, 2.75) is 6.10 Å². The topological polar surface area (TPSA) is 66.2 Å². The van der Waals surface area contributed by atoms with Crippen LogP contribution >= 0.6 is 22.9 Å². The number of aromatic nitrogens is 1. The normalized spacial score (nSPS) is 20.5. The highest BCUT2D eigenvalue weighted by molar-refractivity contribution is 7.17. The van der Waals surface area contributed by atoms with E-state index in [9.17, 15) is 4.79 Å². The molecule has 1 aliphatic rings. The molecule has 2 heterocycles. The number of anilines is 1. The largest absolute Gasteiger partial charge is 0.360 e. The van der Waals surface area contributed by atoms with E-state index in [0.29, 0.717) is 36.0 Å². The maximum atomic E-state index is 10.6. The van der Waals surface area contributed by atoms with E-state index in [0.717, 1.165) is 0 Å². The van der Waals surface area contributed by atoms with Gasteiger partial charge in [0.05, 0.1) is 19.2 Å². The van der Waals surface area contributed by atoms with Gasteiger partial charge in [-0.25, -0.2) is 4.98 Å². The zero-order valence-corrected chi connectivity index (χ0v) is 9.79. The summed E-state index contributed by atoms with van der Waals surface area (Å²) in [5, 5.41) is 9.64. The molecule has 1 unspecified atom stereocenters. The zero-order chi connectivity index (χ0) is 11.5. The summed E-state index contributed by atoms with van der Waals surface area (Å²) in [5.41, 5.74) is 0. The Balaban J connectivity index is 2.17. The van der Waals surface area contributed by atoms with Crippen molar-refractivity contribution in [2.75, 3.05) is 24.6 Å². The van der Waals surface area contributed by atoms with Crippen molar-refractivity contribution < 1.29 is 9.53 Å². The van der Waals surface area contributed by atoms with Crippen LogP contribution in [0, 0.1) is 11.3 Å². The molecule has 0 amide bonds. The van der Waals surface area contributed by atoms with Gasteiger partial charge >= 0.3 is 0 Å². The van der Waals surface area contributed by atoms with Crippen LogP contribution in [0.15, 0.2) is 0 Å². The lowest BCUT2D eigenvalue weighted by Gasteiger charge is -2.29. The van der Waals surface area contributed by atoms with Crippen LogP contribution in [0.2, 0.25) is 5.15 Å². The van der Waals surface area contributed by atoms with Crippen molar-refractivity contribution in [3.63, 3.8) is 0 Å². The number of nitrogens with zero attached hydrogens (tertiary/aromatic N) is 3. The molecule has 2 rings (SSSR count). The fourth-order valence-corrected chi connectivity index (χ4v) is 2.51. The molecule has 1 fully saturated rings. The molecule has 5 nitrogen and oxygen atoms in total. The summed E-state index contributed by atoms with van der Waals surface area (Å²) in [5.74, 6) is 0. The van der Waals surface area contributed by atoms with Gasteiger partial charge in [-0.2, -0.15) is 5.26 Å². The van der Waals surface area contributed by atoms with Crippen LogP contribution in [0.25, 0.3) is 0 Å². The molecule has 1 aromatic heterocycles. The minimum Gasteiger partial charge on any atom is -0.360 e. The molecule has 0 N–H and O–H groups in total. The summed E-state index contributed by atoms with van der Waals surface area (Å²) in [6.07, 6.45) is 0.238. The maximum absolute atomic E-state index is 10.6. The third-order valence-corrected chi connectivity index (χ3v) is 3.63. The highest BCUT2D eigenvalue weighted by Crippen LogP contribution is 2.29. The minimum absolute atomic E-state index is 0.218. The van der Waals surface area contributed by atoms with E-state index in [1.54, 1.807) is 0 Å². The fraction of sp³-hybridized carbons (Fsp3) is 0.444. The number of hydrogen-bond acceptors (Lipinski definition) is 6. The number of ether oxygens (including phenoxy) is 1. The van der Waals surface area contributed by atoms with E-state index in [2.05, 4.69) is 4.98 Å². The third-order valence-electron chi connectivity index (χ3n) is 2.19. The molecule has 0 saturated carbocycles. The molecule has 0 spiro atoms. The van der Waals surface area contributed by atoms with Crippen molar-refractivity contribution in [2.24, 2.45) is 0 Å². The Morgan fingerprint density at radius 1 is 1.75 bits per heavy atom. The average Bonchev–Trinajstić information content (AvgIpc) is 2.71. The first kappa shape index (κ1) is 11.3. The zero-order valence-electron chi connectivity index (χ0n) is 8.22. The smallest absolute Gasteiger partial charge is 0.187 e. The van der Waals surface area contributed by atoms with E-state index in [-0.39, 0.29) is 5.15 Å². The fourth-order valence-electron chi connectivity index (χ4n) is 1.41. The Kier molecular flexibility index (Phi) is 3.39. The first-order valence-electron chi connectivity index (χ1n) is 4.62. The van der Waals surface area contributed by atoms with Gasteiger partial charge in [0.1, 0.15) is 4.88 Å². The predicted octanol–water partition coefficient (Wildman–Crippen LogP) is 1.34. The standard InChI is InChI=1S/C9H8ClN3O2S/c10-8-7(5-14)16-9(12-8)13-1-2-15-6(3-11)4-13/h5-6H,1-2,4H2. The number of halogens is 1. The van der Waals surface area contributed by atoms with Crippen LogP contribution in [0.1, 0.15) is 9.67 Å². The molecule has 0 radical (unpaired) electrons. The molecule has 0 bridgehead atoms. The average molecular weight is 258 g/mol. The molecule has 0 aliphatic carbocycles. The van der Waals surface area contributed by atoms with Gasteiger partial charge in [-0.05, 0) is 0 Å². The van der Waals surface area contributed by atoms with Gasteiger partial charge in [0, 0.05) is 6.54 Å². The highest BCUT2D eigenvalue weighted by atomic mass is 35.5. The summed E-state index contributed by atoms with van der Waals surface area (Å²) in [4.78, 5) is 17.0. The van der Waals surface area contributed by atoms with Gasteiger partial charge in [0.2, 0.25) is 0 Å². The summed E-state index contributed by atoms with van der Waals surface area (Å²) in [6.45, 7) is 1.59. The lowest BCUT2D eigenvalue weighted by molar-refractivity contribution is 0.0764. The monoisotopic (exact) mass is 257 g/mol. The number of carbonyl (C=O) groups is 1. The van der Waals surface area contributed by atoms with Gasteiger partial charge in [-0.3, -0.25) is 4.79 Å². The van der Waals surface area contributed by atoms with Crippen molar-refractivity contribution in [1.82, 2.24) is 4.98 Å². The molecule has 1 saturated heterocycles. The third kappa shape index (κ3) is 2.16. The van der Waals surface area contributed by atoms with Gasteiger partial charge in [-0.1, -0.05) is 22.9 Å². The minimum atomic E-state index is -0.448. The van der Waals surface area contributed by atoms with E-state index in [1.807, 2.05) is 11.0 Å². The molecule has 1 aromatic rings. The van der Waals surface area contributed by atoms with E-state index < -0.39 is 6.10 Å². The summed E-state index contributed by atoms with van der Waals surface area (Å²) < 4.78 is 5.21. The number of aldehydes is 1. The Bertz CT molecular complexity index is 442. The van der Waals surface area contributed by atoms with Crippen molar-refractivity contribution in [3.8, 4) is 6.07 Å². The van der Waals surface area contributed by atoms with Crippen LogP contribution < -0.4 is 4.90 Å². The van der Waals surface area contributed by atoms with Crippen LogP contribution in [0.5, 0.6) is 0 Å². The van der Waals surface area contributed by atoms with Gasteiger partial charge < -0.3 is 9.64 Å². The SMILES string of the molecule is N#CC1CN(c2nc(Cl)c(C=O)s2)CCO1. The number of nitriles is 1. The first-order valence-corrected chi connectivity index (χ1v) is 5.81. The lowest BCUT2D eigenvalue weighted by Crippen LogP contribution is -2.41. The number of carbonyl (C=O) groups excluding carboxylic acids is 1. The second-order valence-corrected chi connectivity index (χ2v) is 4.57. The van der Waals surface area contributed by atoms with E-state index in [4.69, 9.17) is 21.6 Å². The second-order valence-electron chi connectivity index (χ2n) is 3.20. The molecular formula is C9H8ClN3O2S. The Morgan fingerprint density at radius 2 is 2.56 bits per heavy atom. The molecular weight excluding hydrogens is 250 g/mol. The first-order chi connectivity index (χ1) is 7.74. The van der Waals surface area contributed by atoms with Crippen molar-refractivity contribution >= 4 is 34.4 Å². The predicted molar refractivity (Wildman–Crippen MR) is 60.1 cm³/mol. The number of morpholine rings is 1. The molecule has 84 valence electrons. The second kappa shape index (κ2) is 4.78. The van der Waals surface area contributed by atoms with Gasteiger partial charge in [0.15, 0.2) is 22.7 Å². The Morgan fingerprint density at radius 3 is 3.19 bits per heavy atom. The van der Waals surface area contributed by atoms with Crippen LogP contribution in [0.3, 0.4) is 0 Å². The van der Waals surface area contributed by atoms with Gasteiger partial charge in [0.25, 0.3) is 0 Å². The molecule has 1 atom stereocenters. The summed E-state index contributed by atoms with van der Waals surface area (Å²) in [6, 6.07) is 2.05. The molecule has 1 aliphatic heterocycles. The molecule has 16 heavy (non-hydrogen) atoms. The van der Waals surface area contributed by atoms with Crippen molar-refractivity contribution in [1.29, 1.82) is 5.26 Å². The van der Waals surface area contributed by atoms with Crippen LogP contribution in [-0.4, -0.2) is 37.1 Å².